The molecule has 0 fully saturated rings. The van der Waals surface area contributed by atoms with E-state index >= 15 is 0 Å². The first-order valence-corrected chi connectivity index (χ1v) is 7.17. The number of nitrogens with two attached hydrogens (primary N) is 1. The molecule has 0 aliphatic carbocycles. The number of sulfonamides is 1. The van der Waals surface area contributed by atoms with Gasteiger partial charge in [-0.15, -0.1) is 0 Å². The fourth-order valence-corrected chi connectivity index (χ4v) is 2.48. The van der Waals surface area contributed by atoms with Gasteiger partial charge in [0.1, 0.15) is 5.76 Å². The molecule has 0 saturated carbocycles. The van der Waals surface area contributed by atoms with Crippen molar-refractivity contribution in [3.8, 4) is 0 Å². The van der Waals surface area contributed by atoms with E-state index in [0.717, 1.165) is 6.26 Å². The first kappa shape index (κ1) is 12.5. The second-order valence-electron chi connectivity index (χ2n) is 3.94. The van der Waals surface area contributed by atoms with Gasteiger partial charge in [-0.1, -0.05) is 6.07 Å². The molecule has 0 aliphatic heterocycles. The summed E-state index contributed by atoms with van der Waals surface area (Å²) in [6.45, 7) is 0.148. The summed E-state index contributed by atoms with van der Waals surface area (Å²) in [6, 6.07) is 10.2. The van der Waals surface area contributed by atoms with Crippen LogP contribution in [-0.2, 0) is 16.6 Å². The lowest BCUT2D eigenvalue weighted by Crippen LogP contribution is -2.29. The molecule has 0 radical (unpaired) electrons. The fourth-order valence-electron chi connectivity index (χ4n) is 1.62. The van der Waals surface area contributed by atoms with E-state index in [1.807, 2.05) is 0 Å². The minimum absolute atomic E-state index is 0.148. The molecular weight excluding hydrogens is 252 g/mol. The van der Waals surface area contributed by atoms with Crippen LogP contribution in [0.5, 0.6) is 0 Å². The monoisotopic (exact) mass is 266 g/mol. The molecule has 1 heterocycles. The van der Waals surface area contributed by atoms with Gasteiger partial charge in [0, 0.05) is 5.69 Å². The van der Waals surface area contributed by atoms with E-state index in [0.29, 0.717) is 17.1 Å². The topological polar surface area (TPSA) is 76.5 Å². The van der Waals surface area contributed by atoms with Crippen molar-refractivity contribution in [3.05, 3.63) is 48.4 Å². The molecule has 2 N–H and O–H groups in total. The summed E-state index contributed by atoms with van der Waals surface area (Å²) in [7, 11) is -3.39. The minimum atomic E-state index is -3.39. The van der Waals surface area contributed by atoms with Gasteiger partial charge in [0.2, 0.25) is 10.0 Å². The van der Waals surface area contributed by atoms with E-state index in [-0.39, 0.29) is 6.54 Å². The van der Waals surface area contributed by atoms with Gasteiger partial charge >= 0.3 is 0 Å². The van der Waals surface area contributed by atoms with Crippen LogP contribution in [-0.4, -0.2) is 14.7 Å². The third-order valence-electron chi connectivity index (χ3n) is 2.44. The molecule has 0 bridgehead atoms. The maximum absolute atomic E-state index is 11.8. The van der Waals surface area contributed by atoms with Gasteiger partial charge < -0.3 is 10.2 Å². The molecule has 0 unspecified atom stereocenters. The Bertz CT molecular complexity index is 621. The summed E-state index contributed by atoms with van der Waals surface area (Å²) in [4.78, 5) is 0. The number of hydrogen-bond acceptors (Lipinski definition) is 4. The summed E-state index contributed by atoms with van der Waals surface area (Å²) in [5.74, 6) is 0.572. The van der Waals surface area contributed by atoms with E-state index < -0.39 is 10.0 Å². The van der Waals surface area contributed by atoms with Crippen molar-refractivity contribution in [1.29, 1.82) is 0 Å². The standard InChI is InChI=1S/C12H14N2O3S/c1-18(15,16)14(9-12-6-3-7-17-12)11-5-2-4-10(13)8-11/h2-8H,9,13H2,1H3. The smallest absolute Gasteiger partial charge is 0.232 e. The zero-order valence-corrected chi connectivity index (χ0v) is 10.7. The quantitative estimate of drug-likeness (QED) is 0.856. The lowest BCUT2D eigenvalue weighted by molar-refractivity contribution is 0.509. The van der Waals surface area contributed by atoms with E-state index in [2.05, 4.69) is 0 Å². The summed E-state index contributed by atoms with van der Waals surface area (Å²) in [5, 5.41) is 0. The Kier molecular flexibility index (Phi) is 3.29. The lowest BCUT2D eigenvalue weighted by atomic mass is 10.3. The van der Waals surface area contributed by atoms with Crippen LogP contribution in [0.1, 0.15) is 5.76 Å². The third-order valence-corrected chi connectivity index (χ3v) is 3.58. The zero-order chi connectivity index (χ0) is 13.2. The highest BCUT2D eigenvalue weighted by Gasteiger charge is 2.19. The van der Waals surface area contributed by atoms with Gasteiger partial charge in [-0.05, 0) is 30.3 Å². The van der Waals surface area contributed by atoms with Crippen molar-refractivity contribution >= 4 is 21.4 Å². The fraction of sp³-hybridized carbons (Fsp3) is 0.167. The zero-order valence-electron chi connectivity index (χ0n) is 9.91. The third kappa shape index (κ3) is 2.84. The van der Waals surface area contributed by atoms with Crippen molar-refractivity contribution in [3.63, 3.8) is 0 Å². The van der Waals surface area contributed by atoms with Crippen molar-refractivity contribution in [2.45, 2.75) is 6.54 Å². The number of nitrogen functional groups attached to an aromatic ring is 1. The maximum atomic E-state index is 11.8. The predicted octanol–water partition coefficient (Wildman–Crippen LogP) is 1.83. The summed E-state index contributed by atoms with van der Waals surface area (Å²) >= 11 is 0. The molecule has 2 aromatic rings. The Labute approximate surface area is 106 Å². The van der Waals surface area contributed by atoms with Crippen molar-refractivity contribution in [1.82, 2.24) is 0 Å². The van der Waals surface area contributed by atoms with Crippen LogP contribution in [0, 0.1) is 0 Å². The Morgan fingerprint density at radius 3 is 2.61 bits per heavy atom. The Morgan fingerprint density at radius 2 is 2.06 bits per heavy atom. The summed E-state index contributed by atoms with van der Waals surface area (Å²) in [6.07, 6.45) is 2.66. The molecule has 1 aromatic heterocycles. The van der Waals surface area contributed by atoms with Crippen LogP contribution >= 0.6 is 0 Å². The predicted molar refractivity (Wildman–Crippen MR) is 70.6 cm³/mol. The largest absolute Gasteiger partial charge is 0.467 e. The number of rotatable bonds is 4. The van der Waals surface area contributed by atoms with Gasteiger partial charge in [-0.25, -0.2) is 8.42 Å². The molecule has 1 aromatic carbocycles. The van der Waals surface area contributed by atoms with Crippen molar-refractivity contribution in [2.75, 3.05) is 16.3 Å². The molecule has 18 heavy (non-hydrogen) atoms. The van der Waals surface area contributed by atoms with Gasteiger partial charge in [-0.3, -0.25) is 4.31 Å². The number of furan rings is 1. The van der Waals surface area contributed by atoms with E-state index in [9.17, 15) is 8.42 Å². The molecule has 2 rings (SSSR count). The second-order valence-corrected chi connectivity index (χ2v) is 5.85. The molecular formula is C12H14N2O3S. The first-order valence-electron chi connectivity index (χ1n) is 5.32. The summed E-state index contributed by atoms with van der Waals surface area (Å²) < 4.78 is 30.1. The molecule has 0 amide bonds. The van der Waals surface area contributed by atoms with Gasteiger partial charge in [0.25, 0.3) is 0 Å². The molecule has 6 heteroatoms. The van der Waals surface area contributed by atoms with E-state index in [4.69, 9.17) is 10.2 Å². The molecule has 96 valence electrons. The maximum Gasteiger partial charge on any atom is 0.232 e. The first-order chi connectivity index (χ1) is 8.47. The Morgan fingerprint density at radius 1 is 1.28 bits per heavy atom. The second kappa shape index (κ2) is 4.73. The van der Waals surface area contributed by atoms with Crippen LogP contribution in [0.25, 0.3) is 0 Å². The minimum Gasteiger partial charge on any atom is -0.467 e. The summed E-state index contributed by atoms with van der Waals surface area (Å²) in [5.41, 5.74) is 6.70. The SMILES string of the molecule is CS(=O)(=O)N(Cc1ccco1)c1cccc(N)c1. The van der Waals surface area contributed by atoms with E-state index in [1.54, 1.807) is 36.4 Å². The normalized spacial score (nSPS) is 11.4. The van der Waals surface area contributed by atoms with E-state index in [1.165, 1.54) is 10.6 Å². The van der Waals surface area contributed by atoms with Gasteiger partial charge in [0.15, 0.2) is 0 Å². The Balaban J connectivity index is 2.38. The molecule has 0 spiro atoms. The van der Waals surface area contributed by atoms with Gasteiger partial charge in [0.05, 0.1) is 24.8 Å². The number of nitrogens with zero attached hydrogens (tertiary/aromatic N) is 1. The molecule has 0 saturated heterocycles. The molecule has 5 nitrogen and oxygen atoms in total. The highest BCUT2D eigenvalue weighted by molar-refractivity contribution is 7.92. The van der Waals surface area contributed by atoms with Crippen LogP contribution in [0.4, 0.5) is 11.4 Å². The lowest BCUT2D eigenvalue weighted by Gasteiger charge is -2.21. The molecule has 0 atom stereocenters. The van der Waals surface area contributed by atoms with Crippen LogP contribution in [0.2, 0.25) is 0 Å². The van der Waals surface area contributed by atoms with Gasteiger partial charge in [-0.2, -0.15) is 0 Å². The number of hydrogen-bond donors (Lipinski definition) is 1. The molecule has 0 aliphatic rings. The Hall–Kier alpha value is -1.95. The van der Waals surface area contributed by atoms with Crippen LogP contribution < -0.4 is 10.0 Å². The number of benzene rings is 1. The highest BCUT2D eigenvalue weighted by Crippen LogP contribution is 2.22. The average Bonchev–Trinajstić information content (AvgIpc) is 2.77. The van der Waals surface area contributed by atoms with Crippen molar-refractivity contribution < 1.29 is 12.8 Å². The van der Waals surface area contributed by atoms with Crippen molar-refractivity contribution in [2.24, 2.45) is 0 Å². The van der Waals surface area contributed by atoms with Crippen LogP contribution in [0.3, 0.4) is 0 Å². The van der Waals surface area contributed by atoms with Crippen LogP contribution in [0.15, 0.2) is 47.1 Å². The average molecular weight is 266 g/mol. The highest BCUT2D eigenvalue weighted by atomic mass is 32.2. The number of anilines is 2.